The van der Waals surface area contributed by atoms with Crippen LogP contribution in [0, 0.1) is 0 Å². The number of nitrogen functional groups attached to an aromatic ring is 1. The summed E-state index contributed by atoms with van der Waals surface area (Å²) in [6, 6.07) is 6.14. The van der Waals surface area contributed by atoms with Gasteiger partial charge in [0.25, 0.3) is 0 Å². The van der Waals surface area contributed by atoms with E-state index >= 15 is 0 Å². The highest BCUT2D eigenvalue weighted by molar-refractivity contribution is 9.10. The lowest BCUT2D eigenvalue weighted by Crippen LogP contribution is -2.47. The highest BCUT2D eigenvalue weighted by Gasteiger charge is 2.30. The minimum Gasteiger partial charge on any atom is -0.398 e. The zero-order chi connectivity index (χ0) is 10.9. The summed E-state index contributed by atoms with van der Waals surface area (Å²) in [6.07, 6.45) is 3.93. The van der Waals surface area contributed by atoms with Gasteiger partial charge in [-0.2, -0.15) is 0 Å². The number of nitrogens with two attached hydrogens (primary N) is 1. The quantitative estimate of drug-likeness (QED) is 0.828. The van der Waals surface area contributed by atoms with Crippen LogP contribution >= 0.6 is 15.9 Å². The first-order chi connectivity index (χ1) is 7.09. The standard InChI is InChI=1S/C12H17BrN2/c1-12(5-2-6-12)15-8-9-3-4-10(13)11(14)7-9/h3-4,7,15H,2,5-6,8,14H2,1H3. The van der Waals surface area contributed by atoms with Crippen LogP contribution < -0.4 is 11.1 Å². The molecule has 1 aliphatic carbocycles. The van der Waals surface area contributed by atoms with Gasteiger partial charge >= 0.3 is 0 Å². The van der Waals surface area contributed by atoms with E-state index in [-0.39, 0.29) is 0 Å². The molecule has 1 aromatic carbocycles. The maximum atomic E-state index is 5.83. The van der Waals surface area contributed by atoms with Gasteiger partial charge in [-0.1, -0.05) is 6.07 Å². The molecule has 0 saturated heterocycles. The van der Waals surface area contributed by atoms with Gasteiger partial charge in [-0.05, 0) is 59.8 Å². The minimum absolute atomic E-state index is 0.363. The number of rotatable bonds is 3. The van der Waals surface area contributed by atoms with Crippen LogP contribution in [0.15, 0.2) is 22.7 Å². The average Bonchev–Trinajstić information content (AvgIpc) is 2.17. The molecule has 15 heavy (non-hydrogen) atoms. The summed E-state index contributed by atoms with van der Waals surface area (Å²) in [5.41, 5.74) is 8.26. The molecule has 0 unspecified atom stereocenters. The molecule has 0 heterocycles. The second kappa shape index (κ2) is 4.14. The SMILES string of the molecule is CC1(NCc2ccc(Br)c(N)c2)CCC1. The third kappa shape index (κ3) is 2.52. The molecule has 82 valence electrons. The number of halogens is 1. The van der Waals surface area contributed by atoms with Crippen LogP contribution in [0.4, 0.5) is 5.69 Å². The molecule has 0 bridgehead atoms. The van der Waals surface area contributed by atoms with Crippen molar-refractivity contribution in [3.05, 3.63) is 28.2 Å². The van der Waals surface area contributed by atoms with Gasteiger partial charge in [0.2, 0.25) is 0 Å². The van der Waals surface area contributed by atoms with Crippen LogP contribution in [0.3, 0.4) is 0 Å². The van der Waals surface area contributed by atoms with Crippen molar-refractivity contribution in [1.82, 2.24) is 5.32 Å². The first kappa shape index (κ1) is 11.0. The van der Waals surface area contributed by atoms with E-state index in [4.69, 9.17) is 5.73 Å². The van der Waals surface area contributed by atoms with Crippen LogP contribution in [-0.2, 0) is 6.54 Å². The number of nitrogens with one attached hydrogen (secondary N) is 1. The van der Waals surface area contributed by atoms with Crippen LogP contribution in [0.25, 0.3) is 0 Å². The molecule has 0 aromatic heterocycles. The summed E-state index contributed by atoms with van der Waals surface area (Å²) in [5, 5.41) is 3.59. The van der Waals surface area contributed by atoms with E-state index in [0.717, 1.165) is 16.7 Å². The fourth-order valence-electron chi connectivity index (χ4n) is 1.90. The zero-order valence-corrected chi connectivity index (χ0v) is 10.6. The minimum atomic E-state index is 0.363. The average molecular weight is 269 g/mol. The van der Waals surface area contributed by atoms with Crippen molar-refractivity contribution in [2.24, 2.45) is 0 Å². The Kier molecular flexibility index (Phi) is 3.03. The second-order valence-corrected chi connectivity index (χ2v) is 5.48. The summed E-state index contributed by atoms with van der Waals surface area (Å²) < 4.78 is 0.973. The van der Waals surface area contributed by atoms with Gasteiger partial charge in [-0.25, -0.2) is 0 Å². The maximum Gasteiger partial charge on any atom is 0.0461 e. The van der Waals surface area contributed by atoms with E-state index in [1.165, 1.54) is 24.8 Å². The predicted molar refractivity (Wildman–Crippen MR) is 67.7 cm³/mol. The Bertz CT molecular complexity index is 359. The number of anilines is 1. The van der Waals surface area contributed by atoms with E-state index in [2.05, 4.69) is 34.2 Å². The van der Waals surface area contributed by atoms with Crippen LogP contribution in [-0.4, -0.2) is 5.54 Å². The summed E-state index contributed by atoms with van der Waals surface area (Å²) >= 11 is 3.40. The molecule has 0 radical (unpaired) electrons. The van der Waals surface area contributed by atoms with Crippen LogP contribution in [0.2, 0.25) is 0 Å². The van der Waals surface area contributed by atoms with Gasteiger partial charge < -0.3 is 11.1 Å². The van der Waals surface area contributed by atoms with Gasteiger partial charge in [0.15, 0.2) is 0 Å². The highest BCUT2D eigenvalue weighted by atomic mass is 79.9. The Morgan fingerprint density at radius 2 is 2.20 bits per heavy atom. The molecule has 0 aliphatic heterocycles. The molecular weight excluding hydrogens is 252 g/mol. The second-order valence-electron chi connectivity index (χ2n) is 4.62. The van der Waals surface area contributed by atoms with E-state index in [1.807, 2.05) is 12.1 Å². The number of benzene rings is 1. The summed E-state index contributed by atoms with van der Waals surface area (Å²) in [6.45, 7) is 3.20. The van der Waals surface area contributed by atoms with Gasteiger partial charge in [0.1, 0.15) is 0 Å². The number of hydrogen-bond donors (Lipinski definition) is 2. The molecule has 1 aliphatic rings. The fourth-order valence-corrected chi connectivity index (χ4v) is 2.15. The normalized spacial score (nSPS) is 18.5. The Morgan fingerprint density at radius 1 is 1.47 bits per heavy atom. The number of hydrogen-bond acceptors (Lipinski definition) is 2. The topological polar surface area (TPSA) is 38.0 Å². The maximum absolute atomic E-state index is 5.83. The molecule has 1 saturated carbocycles. The van der Waals surface area contributed by atoms with Crippen molar-refractivity contribution >= 4 is 21.6 Å². The van der Waals surface area contributed by atoms with Crippen LogP contribution in [0.5, 0.6) is 0 Å². The smallest absolute Gasteiger partial charge is 0.0461 e. The molecule has 2 rings (SSSR count). The fraction of sp³-hybridized carbons (Fsp3) is 0.500. The Hall–Kier alpha value is -0.540. The van der Waals surface area contributed by atoms with Gasteiger partial charge in [-0.15, -0.1) is 0 Å². The summed E-state index contributed by atoms with van der Waals surface area (Å²) in [7, 11) is 0. The Labute approximate surface area is 99.4 Å². The zero-order valence-electron chi connectivity index (χ0n) is 9.02. The monoisotopic (exact) mass is 268 g/mol. The molecule has 2 nitrogen and oxygen atoms in total. The lowest BCUT2D eigenvalue weighted by molar-refractivity contribution is 0.207. The molecular formula is C12H17BrN2. The van der Waals surface area contributed by atoms with Crippen molar-refractivity contribution in [1.29, 1.82) is 0 Å². The lowest BCUT2D eigenvalue weighted by Gasteiger charge is -2.39. The lowest BCUT2D eigenvalue weighted by atomic mass is 9.78. The molecule has 0 atom stereocenters. The molecule has 1 aromatic rings. The molecule has 3 heteroatoms. The third-order valence-electron chi connectivity index (χ3n) is 3.24. The molecule has 0 spiro atoms. The molecule has 3 N–H and O–H groups in total. The van der Waals surface area contributed by atoms with Gasteiger partial charge in [0.05, 0.1) is 0 Å². The van der Waals surface area contributed by atoms with E-state index in [9.17, 15) is 0 Å². The largest absolute Gasteiger partial charge is 0.398 e. The third-order valence-corrected chi connectivity index (χ3v) is 3.96. The van der Waals surface area contributed by atoms with Crippen molar-refractivity contribution in [3.63, 3.8) is 0 Å². The van der Waals surface area contributed by atoms with Crippen LogP contribution in [0.1, 0.15) is 31.7 Å². The first-order valence-electron chi connectivity index (χ1n) is 5.38. The molecule has 0 amide bonds. The first-order valence-corrected chi connectivity index (χ1v) is 6.17. The Morgan fingerprint density at radius 3 is 2.73 bits per heavy atom. The van der Waals surface area contributed by atoms with E-state index in [0.29, 0.717) is 5.54 Å². The van der Waals surface area contributed by atoms with E-state index in [1.54, 1.807) is 0 Å². The van der Waals surface area contributed by atoms with E-state index < -0.39 is 0 Å². The van der Waals surface area contributed by atoms with Gasteiger partial charge in [0, 0.05) is 22.2 Å². The summed E-state index contributed by atoms with van der Waals surface area (Å²) in [4.78, 5) is 0. The predicted octanol–water partition coefficient (Wildman–Crippen LogP) is 3.06. The van der Waals surface area contributed by atoms with Crippen molar-refractivity contribution < 1.29 is 0 Å². The Balaban J connectivity index is 1.96. The van der Waals surface area contributed by atoms with Gasteiger partial charge in [-0.3, -0.25) is 0 Å². The summed E-state index contributed by atoms with van der Waals surface area (Å²) in [5.74, 6) is 0. The van der Waals surface area contributed by atoms with Crippen molar-refractivity contribution in [2.45, 2.75) is 38.3 Å². The van der Waals surface area contributed by atoms with Crippen molar-refractivity contribution in [3.8, 4) is 0 Å². The molecule has 1 fully saturated rings. The highest BCUT2D eigenvalue weighted by Crippen LogP contribution is 2.31. The van der Waals surface area contributed by atoms with Crippen molar-refractivity contribution in [2.75, 3.05) is 5.73 Å².